The predicted molar refractivity (Wildman–Crippen MR) is 92.2 cm³/mol. The highest BCUT2D eigenvalue weighted by Gasteiger charge is 2.31. The van der Waals surface area contributed by atoms with Gasteiger partial charge in [-0.15, -0.1) is 11.3 Å². The second-order valence-electron chi connectivity index (χ2n) is 5.87. The van der Waals surface area contributed by atoms with Crippen molar-refractivity contribution in [2.75, 3.05) is 6.54 Å². The van der Waals surface area contributed by atoms with Gasteiger partial charge in [0.25, 0.3) is 5.91 Å². The predicted octanol–water partition coefficient (Wildman–Crippen LogP) is 3.62. The molecule has 1 unspecified atom stereocenters. The first-order valence-corrected chi connectivity index (χ1v) is 8.85. The van der Waals surface area contributed by atoms with E-state index >= 15 is 0 Å². The summed E-state index contributed by atoms with van der Waals surface area (Å²) in [7, 11) is 0. The Morgan fingerprint density at radius 3 is 3.00 bits per heavy atom. The van der Waals surface area contributed by atoms with Crippen LogP contribution in [-0.4, -0.2) is 22.3 Å². The highest BCUT2D eigenvalue weighted by atomic mass is 32.1. The minimum atomic E-state index is -0.581. The lowest BCUT2D eigenvalue weighted by Crippen LogP contribution is -2.40. The number of piperidine rings is 1. The second kappa shape index (κ2) is 6.20. The fourth-order valence-corrected chi connectivity index (χ4v) is 3.98. The molecular weight excluding hydrogens is 324 g/mol. The summed E-state index contributed by atoms with van der Waals surface area (Å²) < 4.78 is 5.31. The van der Waals surface area contributed by atoms with E-state index < -0.39 is 5.63 Å². The van der Waals surface area contributed by atoms with Gasteiger partial charge in [-0.2, -0.15) is 0 Å². The van der Waals surface area contributed by atoms with Gasteiger partial charge in [0.1, 0.15) is 16.2 Å². The third kappa shape index (κ3) is 2.63. The highest BCUT2D eigenvalue weighted by Crippen LogP contribution is 2.33. The van der Waals surface area contributed by atoms with Crippen LogP contribution in [0, 0.1) is 0 Å². The zero-order valence-electron chi connectivity index (χ0n) is 13.0. The molecule has 0 saturated carbocycles. The molecular formula is C18H16N2O3S. The van der Waals surface area contributed by atoms with Gasteiger partial charge in [-0.25, -0.2) is 9.78 Å². The van der Waals surface area contributed by atoms with Gasteiger partial charge in [0.05, 0.1) is 6.04 Å². The van der Waals surface area contributed by atoms with E-state index in [9.17, 15) is 9.59 Å². The van der Waals surface area contributed by atoms with E-state index in [1.54, 1.807) is 40.6 Å². The van der Waals surface area contributed by atoms with Gasteiger partial charge in [-0.1, -0.05) is 18.2 Å². The van der Waals surface area contributed by atoms with Gasteiger partial charge < -0.3 is 9.32 Å². The molecule has 3 aromatic rings. The summed E-state index contributed by atoms with van der Waals surface area (Å²) in [5.41, 5.74) is 0.00786. The SMILES string of the molecule is O=C(c1cc2ccccc2oc1=O)N1CCCCC1c1nccs1. The number of nitrogens with zero attached hydrogens (tertiary/aromatic N) is 2. The van der Waals surface area contributed by atoms with E-state index in [-0.39, 0.29) is 17.5 Å². The molecule has 122 valence electrons. The lowest BCUT2D eigenvalue weighted by atomic mass is 10.0. The number of hydrogen-bond acceptors (Lipinski definition) is 5. The van der Waals surface area contributed by atoms with Crippen LogP contribution < -0.4 is 5.63 Å². The van der Waals surface area contributed by atoms with Gasteiger partial charge in [0.15, 0.2) is 0 Å². The number of carbonyl (C=O) groups excluding carboxylic acids is 1. The van der Waals surface area contributed by atoms with Crippen molar-refractivity contribution in [3.05, 3.63) is 62.9 Å². The quantitative estimate of drug-likeness (QED) is 0.669. The first-order chi connectivity index (χ1) is 11.7. The number of carbonyl (C=O) groups is 1. The Bertz CT molecular complexity index is 933. The fraction of sp³-hybridized carbons (Fsp3) is 0.278. The molecule has 0 radical (unpaired) electrons. The molecule has 6 heteroatoms. The molecule has 1 atom stereocenters. The molecule has 0 spiro atoms. The van der Waals surface area contributed by atoms with E-state index in [2.05, 4.69) is 4.98 Å². The van der Waals surface area contributed by atoms with Crippen LogP contribution in [0.5, 0.6) is 0 Å². The van der Waals surface area contributed by atoms with Crippen molar-refractivity contribution in [1.82, 2.24) is 9.88 Å². The molecule has 3 heterocycles. The van der Waals surface area contributed by atoms with Crippen LogP contribution in [0.3, 0.4) is 0 Å². The number of aromatic nitrogens is 1. The van der Waals surface area contributed by atoms with Crippen molar-refractivity contribution in [3.63, 3.8) is 0 Å². The van der Waals surface area contributed by atoms with Crippen LogP contribution in [0.4, 0.5) is 0 Å². The van der Waals surface area contributed by atoms with Gasteiger partial charge >= 0.3 is 5.63 Å². The van der Waals surface area contributed by atoms with Crippen molar-refractivity contribution in [2.45, 2.75) is 25.3 Å². The van der Waals surface area contributed by atoms with Crippen LogP contribution in [0.1, 0.15) is 40.7 Å². The number of para-hydroxylation sites is 1. The van der Waals surface area contributed by atoms with Crippen molar-refractivity contribution >= 4 is 28.2 Å². The minimum absolute atomic E-state index is 0.0582. The topological polar surface area (TPSA) is 63.4 Å². The molecule has 1 fully saturated rings. The van der Waals surface area contributed by atoms with Crippen molar-refractivity contribution in [3.8, 4) is 0 Å². The molecule has 1 amide bonds. The van der Waals surface area contributed by atoms with Crippen LogP contribution in [-0.2, 0) is 0 Å². The summed E-state index contributed by atoms with van der Waals surface area (Å²) >= 11 is 1.55. The molecule has 24 heavy (non-hydrogen) atoms. The molecule has 1 aromatic carbocycles. The number of benzene rings is 1. The summed E-state index contributed by atoms with van der Waals surface area (Å²) in [6, 6.07) is 8.80. The lowest BCUT2D eigenvalue weighted by Gasteiger charge is -2.34. The van der Waals surface area contributed by atoms with Gasteiger partial charge in [-0.05, 0) is 31.4 Å². The lowest BCUT2D eigenvalue weighted by molar-refractivity contribution is 0.0607. The second-order valence-corrected chi connectivity index (χ2v) is 6.79. The summed E-state index contributed by atoms with van der Waals surface area (Å²) in [5.74, 6) is -0.269. The summed E-state index contributed by atoms with van der Waals surface area (Å²) in [4.78, 5) is 31.4. The highest BCUT2D eigenvalue weighted by molar-refractivity contribution is 7.09. The molecule has 1 saturated heterocycles. The third-order valence-electron chi connectivity index (χ3n) is 4.37. The molecule has 0 aliphatic carbocycles. The minimum Gasteiger partial charge on any atom is -0.422 e. The Kier molecular flexibility index (Phi) is 3.90. The van der Waals surface area contributed by atoms with Crippen molar-refractivity contribution < 1.29 is 9.21 Å². The number of hydrogen-bond donors (Lipinski definition) is 0. The molecule has 5 nitrogen and oxygen atoms in total. The smallest absolute Gasteiger partial charge is 0.349 e. The summed E-state index contributed by atoms with van der Waals surface area (Å²) in [5, 5.41) is 3.59. The Hall–Kier alpha value is -2.47. The van der Waals surface area contributed by atoms with Crippen LogP contribution in [0.15, 0.2) is 51.1 Å². The van der Waals surface area contributed by atoms with Crippen LogP contribution >= 0.6 is 11.3 Å². The number of likely N-dealkylation sites (tertiary alicyclic amines) is 1. The Morgan fingerprint density at radius 1 is 1.29 bits per heavy atom. The van der Waals surface area contributed by atoms with E-state index in [0.717, 1.165) is 29.7 Å². The first-order valence-electron chi connectivity index (χ1n) is 7.97. The molecule has 0 N–H and O–H groups in total. The third-order valence-corrected chi connectivity index (χ3v) is 5.25. The Labute approximate surface area is 142 Å². The van der Waals surface area contributed by atoms with Crippen LogP contribution in [0.2, 0.25) is 0 Å². The Morgan fingerprint density at radius 2 is 2.17 bits per heavy atom. The standard InChI is InChI=1S/C18H16N2O3S/c21-17(13-11-12-5-1-2-7-15(12)23-18(13)22)20-9-4-3-6-14(20)16-19-8-10-24-16/h1-2,5,7-8,10-11,14H,3-4,6,9H2. The number of thiazole rings is 1. The fourth-order valence-electron chi connectivity index (χ4n) is 3.20. The van der Waals surface area contributed by atoms with Gasteiger partial charge in [-0.3, -0.25) is 4.79 Å². The van der Waals surface area contributed by atoms with Gasteiger partial charge in [0, 0.05) is 23.5 Å². The van der Waals surface area contributed by atoms with Crippen molar-refractivity contribution in [1.29, 1.82) is 0 Å². The molecule has 1 aliphatic rings. The molecule has 1 aliphatic heterocycles. The monoisotopic (exact) mass is 340 g/mol. The molecule has 0 bridgehead atoms. The maximum atomic E-state index is 13.0. The maximum absolute atomic E-state index is 13.0. The number of amides is 1. The van der Waals surface area contributed by atoms with E-state index in [1.807, 2.05) is 17.5 Å². The van der Waals surface area contributed by atoms with E-state index in [0.29, 0.717) is 12.1 Å². The Balaban J connectivity index is 1.74. The first kappa shape index (κ1) is 15.1. The number of fused-ring (bicyclic) bond motifs is 1. The largest absolute Gasteiger partial charge is 0.422 e. The van der Waals surface area contributed by atoms with E-state index in [4.69, 9.17) is 4.42 Å². The van der Waals surface area contributed by atoms with Crippen molar-refractivity contribution in [2.24, 2.45) is 0 Å². The zero-order valence-corrected chi connectivity index (χ0v) is 13.8. The zero-order chi connectivity index (χ0) is 16.5. The van der Waals surface area contributed by atoms with E-state index in [1.165, 1.54) is 0 Å². The average molecular weight is 340 g/mol. The average Bonchev–Trinajstić information content (AvgIpc) is 3.15. The maximum Gasteiger partial charge on any atom is 0.349 e. The molecule has 2 aromatic heterocycles. The van der Waals surface area contributed by atoms with Crippen LogP contribution in [0.25, 0.3) is 11.0 Å². The summed E-state index contributed by atoms with van der Waals surface area (Å²) in [6.07, 6.45) is 4.62. The number of rotatable bonds is 2. The normalized spacial score (nSPS) is 18.0. The summed E-state index contributed by atoms with van der Waals surface area (Å²) in [6.45, 7) is 0.634. The molecule has 4 rings (SSSR count). The van der Waals surface area contributed by atoms with Gasteiger partial charge in [0.2, 0.25) is 0 Å².